The number of nitrogens with zero attached hydrogens (tertiary/aromatic N) is 2. The highest BCUT2D eigenvalue weighted by Gasteiger charge is 2.18. The first kappa shape index (κ1) is 14.4. The molecular formula is C12H12BrFN4O2. The van der Waals surface area contributed by atoms with Crippen LogP contribution < -0.4 is 10.1 Å². The summed E-state index contributed by atoms with van der Waals surface area (Å²) in [7, 11) is 0. The summed E-state index contributed by atoms with van der Waals surface area (Å²) in [6, 6.07) is 2.88. The van der Waals surface area contributed by atoms with Gasteiger partial charge in [-0.2, -0.15) is 4.98 Å². The number of hydrogen-bond donors (Lipinski definition) is 2. The first-order chi connectivity index (χ1) is 9.52. The molecule has 1 amide bonds. The number of rotatable bonds is 4. The summed E-state index contributed by atoms with van der Waals surface area (Å²) in [5, 5.41) is 8.67. The number of H-pyrrole nitrogens is 1. The van der Waals surface area contributed by atoms with Crippen molar-refractivity contribution in [2.45, 2.75) is 13.8 Å². The number of anilines is 1. The van der Waals surface area contributed by atoms with Crippen molar-refractivity contribution in [2.75, 3.05) is 11.9 Å². The van der Waals surface area contributed by atoms with Gasteiger partial charge in [-0.05, 0) is 31.5 Å². The molecule has 6 nitrogen and oxygen atoms in total. The van der Waals surface area contributed by atoms with E-state index in [0.717, 1.165) is 0 Å². The maximum Gasteiger partial charge on any atom is 0.337 e. The number of carbonyl (C=O) groups is 1. The summed E-state index contributed by atoms with van der Waals surface area (Å²) < 4.78 is 19.5. The predicted molar refractivity (Wildman–Crippen MR) is 74.3 cm³/mol. The Labute approximate surface area is 122 Å². The smallest absolute Gasteiger partial charge is 0.337 e. The van der Waals surface area contributed by atoms with E-state index in [4.69, 9.17) is 4.74 Å². The third-order valence-corrected chi connectivity index (χ3v) is 3.40. The van der Waals surface area contributed by atoms with E-state index in [1.165, 1.54) is 6.07 Å². The summed E-state index contributed by atoms with van der Waals surface area (Å²) in [6.07, 6.45) is 0. The zero-order chi connectivity index (χ0) is 14.7. The molecule has 0 unspecified atom stereocenters. The Morgan fingerprint density at radius 1 is 1.55 bits per heavy atom. The number of amides is 1. The van der Waals surface area contributed by atoms with E-state index in [2.05, 4.69) is 36.4 Å². The lowest BCUT2D eigenvalue weighted by molar-refractivity contribution is 0.102. The number of nitrogens with one attached hydrogen (secondary N) is 2. The summed E-state index contributed by atoms with van der Waals surface area (Å²) in [4.78, 5) is 16.0. The van der Waals surface area contributed by atoms with Crippen LogP contribution in [0.1, 0.15) is 22.8 Å². The molecule has 1 heterocycles. The Bertz CT molecular complexity index is 644. The fourth-order valence-corrected chi connectivity index (χ4v) is 1.93. The molecule has 2 N–H and O–H groups in total. The van der Waals surface area contributed by atoms with Crippen molar-refractivity contribution in [3.8, 4) is 6.01 Å². The molecule has 0 aliphatic rings. The Morgan fingerprint density at radius 3 is 3.00 bits per heavy atom. The average Bonchev–Trinajstić information content (AvgIpc) is 2.82. The Morgan fingerprint density at radius 2 is 2.30 bits per heavy atom. The standard InChI is InChI=1S/C12H12BrFN4O2/c1-3-20-12-16-11(17-18-12)15-10(19)9-6(2)7(13)4-5-8(9)14/h4-5H,3H2,1-2H3,(H2,15,16,17,18,19). The number of aromatic amines is 1. The van der Waals surface area contributed by atoms with E-state index in [-0.39, 0.29) is 17.5 Å². The topological polar surface area (TPSA) is 79.9 Å². The molecule has 2 aromatic rings. The largest absolute Gasteiger partial charge is 0.463 e. The molecule has 0 saturated carbocycles. The molecule has 0 aliphatic heterocycles. The fraction of sp³-hybridized carbons (Fsp3) is 0.250. The Kier molecular flexibility index (Phi) is 4.33. The highest BCUT2D eigenvalue weighted by atomic mass is 79.9. The summed E-state index contributed by atoms with van der Waals surface area (Å²) in [6.45, 7) is 3.84. The molecule has 1 aromatic carbocycles. The number of carbonyl (C=O) groups excluding carboxylic acids is 1. The van der Waals surface area contributed by atoms with E-state index in [0.29, 0.717) is 16.6 Å². The molecule has 0 atom stereocenters. The van der Waals surface area contributed by atoms with Gasteiger partial charge >= 0.3 is 6.01 Å². The van der Waals surface area contributed by atoms with Gasteiger partial charge in [0.1, 0.15) is 5.82 Å². The number of halogens is 2. The van der Waals surface area contributed by atoms with Crippen molar-refractivity contribution in [1.82, 2.24) is 15.2 Å². The number of benzene rings is 1. The maximum absolute atomic E-state index is 13.8. The SMILES string of the molecule is CCOc1n[nH]c(NC(=O)c2c(F)ccc(Br)c2C)n1. The molecule has 0 saturated heterocycles. The second-order valence-electron chi connectivity index (χ2n) is 3.88. The van der Waals surface area contributed by atoms with Gasteiger partial charge < -0.3 is 4.74 Å². The van der Waals surface area contributed by atoms with Gasteiger partial charge in [-0.25, -0.2) is 9.49 Å². The van der Waals surface area contributed by atoms with Crippen LogP contribution in [0.2, 0.25) is 0 Å². The summed E-state index contributed by atoms with van der Waals surface area (Å²) >= 11 is 3.26. The molecular weight excluding hydrogens is 331 g/mol. The lowest BCUT2D eigenvalue weighted by atomic mass is 10.1. The zero-order valence-electron chi connectivity index (χ0n) is 10.8. The molecule has 1 aromatic heterocycles. The van der Waals surface area contributed by atoms with Crippen molar-refractivity contribution in [3.05, 3.63) is 33.5 Å². The average molecular weight is 343 g/mol. The molecule has 0 bridgehead atoms. The van der Waals surface area contributed by atoms with Gasteiger partial charge in [-0.3, -0.25) is 10.1 Å². The molecule has 0 aliphatic carbocycles. The summed E-state index contributed by atoms with van der Waals surface area (Å²) in [5.74, 6) is -1.12. The third-order valence-electron chi connectivity index (χ3n) is 2.55. The first-order valence-electron chi connectivity index (χ1n) is 5.84. The van der Waals surface area contributed by atoms with Crippen LogP contribution >= 0.6 is 15.9 Å². The minimum Gasteiger partial charge on any atom is -0.463 e. The first-order valence-corrected chi connectivity index (χ1v) is 6.63. The lowest BCUT2D eigenvalue weighted by Gasteiger charge is -2.08. The van der Waals surface area contributed by atoms with Crippen LogP contribution in [0.4, 0.5) is 10.3 Å². The van der Waals surface area contributed by atoms with E-state index in [1.54, 1.807) is 19.9 Å². The molecule has 2 rings (SSSR count). The maximum atomic E-state index is 13.8. The predicted octanol–water partition coefficient (Wildman–Crippen LogP) is 2.67. The van der Waals surface area contributed by atoms with Crippen molar-refractivity contribution in [3.63, 3.8) is 0 Å². The van der Waals surface area contributed by atoms with Gasteiger partial charge in [0.05, 0.1) is 12.2 Å². The number of ether oxygens (including phenoxy) is 1. The van der Waals surface area contributed by atoms with E-state index < -0.39 is 11.7 Å². The van der Waals surface area contributed by atoms with E-state index in [1.807, 2.05) is 0 Å². The van der Waals surface area contributed by atoms with Gasteiger partial charge in [0.15, 0.2) is 0 Å². The molecule has 106 valence electrons. The quantitative estimate of drug-likeness (QED) is 0.895. The van der Waals surface area contributed by atoms with Crippen molar-refractivity contribution >= 4 is 27.8 Å². The lowest BCUT2D eigenvalue weighted by Crippen LogP contribution is -2.16. The van der Waals surface area contributed by atoms with Gasteiger partial charge in [0.2, 0.25) is 5.95 Å². The fourth-order valence-electron chi connectivity index (χ4n) is 1.60. The normalized spacial score (nSPS) is 10.4. The Balaban J connectivity index is 2.21. The molecule has 0 spiro atoms. The number of aromatic nitrogens is 3. The van der Waals surface area contributed by atoms with Crippen LogP contribution in [-0.4, -0.2) is 27.7 Å². The Hall–Kier alpha value is -1.96. The van der Waals surface area contributed by atoms with Crippen molar-refractivity contribution in [2.24, 2.45) is 0 Å². The molecule has 0 radical (unpaired) electrons. The van der Waals surface area contributed by atoms with Crippen LogP contribution in [0.15, 0.2) is 16.6 Å². The van der Waals surface area contributed by atoms with E-state index >= 15 is 0 Å². The molecule has 20 heavy (non-hydrogen) atoms. The minimum atomic E-state index is -0.611. The zero-order valence-corrected chi connectivity index (χ0v) is 12.4. The third kappa shape index (κ3) is 2.96. The monoisotopic (exact) mass is 342 g/mol. The van der Waals surface area contributed by atoms with Crippen LogP contribution in [0.5, 0.6) is 6.01 Å². The minimum absolute atomic E-state index is 0.0475. The number of hydrogen-bond acceptors (Lipinski definition) is 4. The highest BCUT2D eigenvalue weighted by Crippen LogP contribution is 2.23. The van der Waals surface area contributed by atoms with Crippen molar-refractivity contribution in [1.29, 1.82) is 0 Å². The van der Waals surface area contributed by atoms with E-state index in [9.17, 15) is 9.18 Å². The second kappa shape index (κ2) is 6.00. The van der Waals surface area contributed by atoms with Gasteiger partial charge in [0.25, 0.3) is 5.91 Å². The highest BCUT2D eigenvalue weighted by molar-refractivity contribution is 9.10. The van der Waals surface area contributed by atoms with Gasteiger partial charge in [-0.15, -0.1) is 5.10 Å². The van der Waals surface area contributed by atoms with Gasteiger partial charge in [-0.1, -0.05) is 15.9 Å². The van der Waals surface area contributed by atoms with Crippen LogP contribution in [0.3, 0.4) is 0 Å². The van der Waals surface area contributed by atoms with Gasteiger partial charge in [0, 0.05) is 4.47 Å². The van der Waals surface area contributed by atoms with Crippen LogP contribution in [-0.2, 0) is 0 Å². The molecule has 8 heteroatoms. The van der Waals surface area contributed by atoms with Crippen LogP contribution in [0.25, 0.3) is 0 Å². The summed E-state index contributed by atoms with van der Waals surface area (Å²) in [5.41, 5.74) is 0.459. The molecule has 0 fully saturated rings. The van der Waals surface area contributed by atoms with Crippen molar-refractivity contribution < 1.29 is 13.9 Å². The second-order valence-corrected chi connectivity index (χ2v) is 4.74. The van der Waals surface area contributed by atoms with Crippen LogP contribution in [0, 0.1) is 12.7 Å².